The van der Waals surface area contributed by atoms with Crippen LogP contribution >= 0.6 is 0 Å². The molecular weight excluding hydrogens is 608 g/mol. The highest BCUT2D eigenvalue weighted by atomic mass is 127. The Morgan fingerprint density at radius 3 is 0.968 bits per heavy atom. The molecule has 6 rings (SSSR count). The van der Waals surface area contributed by atoms with Gasteiger partial charge < -0.3 is 48.0 Å². The number of nitrogens with two attached hydrogens (primary N) is 1. The Morgan fingerprint density at radius 1 is 0.419 bits per heavy atom. The van der Waals surface area contributed by atoms with Gasteiger partial charge in [-0.1, -0.05) is 72.8 Å². The van der Waals surface area contributed by atoms with E-state index in [9.17, 15) is 0 Å². The summed E-state index contributed by atoms with van der Waals surface area (Å²) < 4.78 is 0. The van der Waals surface area contributed by atoms with E-state index < -0.39 is 0 Å². The van der Waals surface area contributed by atoms with Crippen LogP contribution in [-0.2, 0) is 12.8 Å². The predicted octanol–water partition coefficient (Wildman–Crippen LogP) is -1.13. The van der Waals surface area contributed by atoms with Crippen molar-refractivity contribution in [2.24, 2.45) is 0 Å². The molecule has 2 aliphatic heterocycles. The first-order valence-corrected chi connectivity index (χ1v) is 10.1. The van der Waals surface area contributed by atoms with Crippen molar-refractivity contribution in [3.8, 4) is 0 Å². The molecule has 0 amide bonds. The van der Waals surface area contributed by atoms with Crippen molar-refractivity contribution < 1.29 is 53.5 Å². The summed E-state index contributed by atoms with van der Waals surface area (Å²) in [5.74, 6) is 0. The second-order valence-electron chi connectivity index (χ2n) is 7.72. The first-order valence-electron chi connectivity index (χ1n) is 10.1. The molecule has 0 aliphatic carbocycles. The molecule has 2 aliphatic rings. The Labute approximate surface area is 217 Å². The highest BCUT2D eigenvalue weighted by Crippen LogP contribution is 2.38. The van der Waals surface area contributed by atoms with Gasteiger partial charge in [0, 0.05) is 12.8 Å². The smallest absolute Gasteiger partial charge is 0.100 e. The molecule has 0 atom stereocenters. The highest BCUT2D eigenvalue weighted by Gasteiger charge is 2.31. The van der Waals surface area contributed by atoms with Crippen LogP contribution in [0.4, 0.5) is 22.7 Å². The van der Waals surface area contributed by atoms with Gasteiger partial charge in [0.15, 0.2) is 0 Å². The van der Waals surface area contributed by atoms with Gasteiger partial charge >= 0.3 is 0 Å². The van der Waals surface area contributed by atoms with Crippen LogP contribution in [0.1, 0.15) is 22.3 Å². The van der Waals surface area contributed by atoms with Gasteiger partial charge in [-0.05, 0) is 46.5 Å². The zero-order valence-corrected chi connectivity index (χ0v) is 21.2. The van der Waals surface area contributed by atoms with E-state index in [2.05, 4.69) is 113 Å². The third-order valence-corrected chi connectivity index (χ3v) is 6.00. The normalized spacial score (nSPS) is 13.0. The number of hydrogen-bond acceptors (Lipinski definition) is 2. The van der Waals surface area contributed by atoms with Crippen LogP contribution in [0.5, 0.6) is 0 Å². The molecule has 0 fully saturated rings. The monoisotopic (exact) mass is 630 g/mol. The number of anilines is 4. The maximum Gasteiger partial charge on any atom is 0.100 e. The van der Waals surface area contributed by atoms with Gasteiger partial charge in [0.1, 0.15) is 22.7 Å². The molecule has 2 N–H and O–H groups in total. The molecule has 156 valence electrons. The van der Waals surface area contributed by atoms with Crippen molar-refractivity contribution in [2.45, 2.75) is 12.8 Å². The number of nitrogens with zero attached hydrogens (tertiary/aromatic N) is 2. The fraction of sp³-hybridized carbons (Fsp3) is 0.0769. The fourth-order valence-electron chi connectivity index (χ4n) is 4.62. The Bertz CT molecular complexity index is 1040. The van der Waals surface area contributed by atoms with Crippen LogP contribution in [0, 0.1) is 0 Å². The molecule has 0 saturated carbocycles. The lowest BCUT2D eigenvalue weighted by atomic mass is 9.96. The van der Waals surface area contributed by atoms with Crippen molar-refractivity contribution in [1.29, 1.82) is 0 Å². The van der Waals surface area contributed by atoms with Crippen molar-refractivity contribution in [3.63, 3.8) is 0 Å². The van der Waals surface area contributed by atoms with E-state index in [0.717, 1.165) is 12.8 Å². The Hall–Kier alpha value is -2.10. The third kappa shape index (κ3) is 3.83. The van der Waals surface area contributed by atoms with E-state index in [4.69, 9.17) is 0 Å². The number of halogens is 2. The maximum atomic E-state index is 2.35. The van der Waals surface area contributed by atoms with Crippen LogP contribution in [0.15, 0.2) is 97.1 Å². The van der Waals surface area contributed by atoms with Gasteiger partial charge in [-0.3, -0.25) is 0 Å². The minimum absolute atomic E-state index is 0. The molecule has 31 heavy (non-hydrogen) atoms. The molecule has 4 aromatic carbocycles. The molecule has 4 aromatic rings. The van der Waals surface area contributed by atoms with E-state index in [1.165, 1.54) is 45.0 Å². The van der Waals surface area contributed by atoms with Crippen LogP contribution in [-0.4, -0.2) is 0 Å². The van der Waals surface area contributed by atoms with Gasteiger partial charge in [-0.15, -0.1) is 5.53 Å². The van der Waals surface area contributed by atoms with Gasteiger partial charge in [0.25, 0.3) is 0 Å². The largest absolute Gasteiger partial charge is 1.00 e. The highest BCUT2D eigenvalue weighted by molar-refractivity contribution is 5.74. The number of rotatable bonds is 2. The van der Waals surface area contributed by atoms with E-state index in [0.29, 0.717) is 0 Å². The fourth-order valence-corrected chi connectivity index (χ4v) is 4.62. The van der Waals surface area contributed by atoms with Crippen molar-refractivity contribution in [2.75, 3.05) is 10.0 Å². The average Bonchev–Trinajstić information content (AvgIpc) is 2.78. The third-order valence-electron chi connectivity index (χ3n) is 6.00. The summed E-state index contributed by atoms with van der Waals surface area (Å²) in [5, 5.41) is 4.71. The SMILES string of the molecule is [I-].[I-].c1ccc2c(c1)Cc1ccccc1N2[NH2+]N1c2ccccc2Cc2ccccc21. The molecule has 2 heterocycles. The minimum atomic E-state index is 0. The van der Waals surface area contributed by atoms with E-state index >= 15 is 0 Å². The lowest BCUT2D eigenvalue weighted by Crippen LogP contribution is -3.01. The number of fused-ring (bicyclic) bond motifs is 4. The summed E-state index contributed by atoms with van der Waals surface area (Å²) in [5.41, 5.74) is 12.7. The molecule has 0 unspecified atom stereocenters. The Morgan fingerprint density at radius 2 is 0.677 bits per heavy atom. The van der Waals surface area contributed by atoms with Gasteiger partial charge in [-0.2, -0.15) is 10.0 Å². The van der Waals surface area contributed by atoms with E-state index in [-0.39, 0.29) is 48.0 Å². The minimum Gasteiger partial charge on any atom is -1.00 e. The van der Waals surface area contributed by atoms with Crippen LogP contribution < -0.4 is 63.5 Å². The quantitative estimate of drug-likeness (QED) is 0.224. The Balaban J connectivity index is 0.00000116. The first-order chi connectivity index (χ1) is 14.4. The summed E-state index contributed by atoms with van der Waals surface area (Å²) in [6, 6.07) is 34.9. The molecule has 0 saturated heterocycles. The Kier molecular flexibility index (Phi) is 6.55. The molecule has 5 heteroatoms. The van der Waals surface area contributed by atoms with Gasteiger partial charge in [-0.25, -0.2) is 0 Å². The van der Waals surface area contributed by atoms with E-state index in [1.807, 2.05) is 0 Å². The summed E-state index contributed by atoms with van der Waals surface area (Å²) in [6.07, 6.45) is 1.95. The van der Waals surface area contributed by atoms with Gasteiger partial charge in [0.2, 0.25) is 0 Å². The topological polar surface area (TPSA) is 23.1 Å². The molecule has 3 nitrogen and oxygen atoms in total. The second kappa shape index (κ2) is 9.18. The zero-order chi connectivity index (χ0) is 19.2. The van der Waals surface area contributed by atoms with Crippen molar-refractivity contribution in [3.05, 3.63) is 119 Å². The van der Waals surface area contributed by atoms with E-state index in [1.54, 1.807) is 0 Å². The zero-order valence-electron chi connectivity index (χ0n) is 16.9. The van der Waals surface area contributed by atoms with Crippen molar-refractivity contribution in [1.82, 2.24) is 0 Å². The first kappa shape index (κ1) is 22.1. The number of para-hydroxylation sites is 4. The number of hydrogen-bond donors (Lipinski definition) is 1. The summed E-state index contributed by atoms with van der Waals surface area (Å²) in [4.78, 5) is 0. The van der Waals surface area contributed by atoms with Crippen LogP contribution in [0.2, 0.25) is 0 Å². The predicted molar refractivity (Wildman–Crippen MR) is 118 cm³/mol. The standard InChI is InChI=1S/C26H21N3.2HI/c1-5-13-23-19(9-1)17-20-10-2-6-14-24(20)28(23)27-29-25-15-7-3-11-21(25)18-22-12-4-8-16-26(22)29;;/h1-16,27H,17-18H2;2*1H/p-1. The van der Waals surface area contributed by atoms with Crippen molar-refractivity contribution >= 4 is 22.7 Å². The lowest BCUT2D eigenvalue weighted by molar-refractivity contribution is -0.661. The summed E-state index contributed by atoms with van der Waals surface area (Å²) in [6.45, 7) is 0. The maximum absolute atomic E-state index is 2.35. The lowest BCUT2D eigenvalue weighted by Gasteiger charge is -2.37. The second-order valence-corrected chi connectivity index (χ2v) is 7.72. The summed E-state index contributed by atoms with van der Waals surface area (Å²) >= 11 is 0. The number of benzene rings is 4. The van der Waals surface area contributed by atoms with Crippen LogP contribution in [0.25, 0.3) is 0 Å². The molecular formula is C26H22I2N3-. The van der Waals surface area contributed by atoms with Crippen LogP contribution in [0.3, 0.4) is 0 Å². The number of quaternary nitrogens is 1. The average molecular weight is 630 g/mol. The molecule has 0 spiro atoms. The summed E-state index contributed by atoms with van der Waals surface area (Å²) in [7, 11) is 0. The molecule has 0 radical (unpaired) electrons. The molecule has 0 bridgehead atoms. The molecule has 0 aromatic heterocycles. The van der Waals surface area contributed by atoms with Gasteiger partial charge in [0.05, 0.1) is 0 Å².